The van der Waals surface area contributed by atoms with Gasteiger partial charge in [-0.15, -0.1) is 0 Å². The molecule has 0 radical (unpaired) electrons. The first kappa shape index (κ1) is 20.6. The number of rotatable bonds is 8. The van der Waals surface area contributed by atoms with Crippen LogP contribution >= 0.6 is 0 Å². The van der Waals surface area contributed by atoms with Gasteiger partial charge in [0, 0.05) is 0 Å². The Morgan fingerprint density at radius 3 is 2.21 bits per heavy atom. The van der Waals surface area contributed by atoms with Gasteiger partial charge in [0.15, 0.2) is 0 Å². The van der Waals surface area contributed by atoms with Crippen LogP contribution in [0.25, 0.3) is 0 Å². The van der Waals surface area contributed by atoms with Gasteiger partial charge in [-0.05, 0) is 45.6 Å². The van der Waals surface area contributed by atoms with Crippen LogP contribution in [0.15, 0.2) is 30.3 Å². The van der Waals surface area contributed by atoms with Gasteiger partial charge in [0.05, 0.1) is 12.9 Å². The number of ether oxygens (including phenoxy) is 1. The number of nitrogens with two attached hydrogens (primary N) is 1. The molecule has 136 valence electrons. The fourth-order valence-corrected chi connectivity index (χ4v) is 2.61. The molecule has 24 heavy (non-hydrogen) atoms. The molecule has 1 rings (SSSR count). The van der Waals surface area contributed by atoms with Crippen LogP contribution < -0.4 is 5.73 Å². The van der Waals surface area contributed by atoms with Crippen molar-refractivity contribution in [3.05, 3.63) is 35.9 Å². The van der Waals surface area contributed by atoms with E-state index in [2.05, 4.69) is 0 Å². The fourth-order valence-electron chi connectivity index (χ4n) is 2.19. The highest BCUT2D eigenvalue weighted by Gasteiger charge is 2.39. The first-order valence-electron chi connectivity index (χ1n) is 7.86. The Kier molecular flexibility index (Phi) is 6.95. The molecule has 1 aromatic carbocycles. The molecule has 0 aliphatic carbocycles. The van der Waals surface area contributed by atoms with Gasteiger partial charge in [-0.25, -0.2) is 4.79 Å². The lowest BCUT2D eigenvalue weighted by atomic mass is 9.85. The van der Waals surface area contributed by atoms with Gasteiger partial charge in [0.25, 0.3) is 10.1 Å². The van der Waals surface area contributed by atoms with Crippen LogP contribution in [0.5, 0.6) is 0 Å². The topological polar surface area (TPSA) is 95.7 Å². The van der Waals surface area contributed by atoms with Crippen LogP contribution in [-0.4, -0.2) is 32.9 Å². The first-order chi connectivity index (χ1) is 10.9. The normalized spacial score (nSPS) is 14.9. The van der Waals surface area contributed by atoms with Crippen LogP contribution in [0.1, 0.15) is 45.6 Å². The van der Waals surface area contributed by atoms with E-state index in [0.717, 1.165) is 6.26 Å². The van der Waals surface area contributed by atoms with Crippen molar-refractivity contribution in [2.24, 2.45) is 5.73 Å². The predicted octanol–water partition coefficient (Wildman–Crippen LogP) is 2.33. The van der Waals surface area contributed by atoms with Crippen molar-refractivity contribution in [3.8, 4) is 0 Å². The third kappa shape index (κ3) is 6.98. The van der Waals surface area contributed by atoms with Crippen LogP contribution in [-0.2, 0) is 29.4 Å². The van der Waals surface area contributed by atoms with Crippen LogP contribution in [0.2, 0.25) is 0 Å². The van der Waals surface area contributed by atoms with Crippen molar-refractivity contribution >= 4 is 16.1 Å². The average molecular weight is 357 g/mol. The lowest BCUT2D eigenvalue weighted by molar-refractivity contribution is -0.162. The molecule has 0 heterocycles. The van der Waals surface area contributed by atoms with Crippen molar-refractivity contribution in [2.75, 3.05) is 12.9 Å². The predicted molar refractivity (Wildman–Crippen MR) is 92.8 cm³/mol. The first-order valence-corrected chi connectivity index (χ1v) is 9.68. The number of unbranched alkanes of at least 4 members (excludes halogenated alkanes) is 1. The molecular weight excluding hydrogens is 330 g/mol. The monoisotopic (exact) mass is 357 g/mol. The third-order valence-electron chi connectivity index (χ3n) is 3.31. The van der Waals surface area contributed by atoms with Crippen molar-refractivity contribution in [2.45, 2.75) is 51.2 Å². The third-order valence-corrected chi connectivity index (χ3v) is 3.91. The SMILES string of the molecule is CC(C)(C)OC(=O)C(N)(CCCCOS(C)(=O)=O)c1ccccc1. The molecule has 1 unspecified atom stereocenters. The molecule has 0 aliphatic rings. The zero-order valence-corrected chi connectivity index (χ0v) is 15.6. The summed E-state index contributed by atoms with van der Waals surface area (Å²) in [6, 6.07) is 9.05. The number of hydrogen-bond donors (Lipinski definition) is 1. The number of esters is 1. The number of carbonyl (C=O) groups is 1. The number of hydrogen-bond acceptors (Lipinski definition) is 6. The smallest absolute Gasteiger partial charge is 0.331 e. The van der Waals surface area contributed by atoms with Crippen LogP contribution in [0.3, 0.4) is 0 Å². The summed E-state index contributed by atoms with van der Waals surface area (Å²) in [5.74, 6) is -0.495. The van der Waals surface area contributed by atoms with Gasteiger partial charge < -0.3 is 10.5 Å². The highest BCUT2D eigenvalue weighted by molar-refractivity contribution is 7.85. The summed E-state index contributed by atoms with van der Waals surface area (Å²) in [7, 11) is -3.46. The zero-order chi connectivity index (χ0) is 18.4. The lowest BCUT2D eigenvalue weighted by Crippen LogP contribution is -2.48. The minimum absolute atomic E-state index is 0.0675. The van der Waals surface area contributed by atoms with E-state index >= 15 is 0 Å². The molecule has 0 spiro atoms. The van der Waals surface area contributed by atoms with Gasteiger partial charge in [0.1, 0.15) is 11.1 Å². The second kappa shape index (κ2) is 8.09. The molecule has 1 aromatic rings. The van der Waals surface area contributed by atoms with Gasteiger partial charge in [0.2, 0.25) is 0 Å². The minimum atomic E-state index is -3.46. The molecule has 0 saturated carbocycles. The second-order valence-corrected chi connectivity index (χ2v) is 8.47. The number of benzene rings is 1. The van der Waals surface area contributed by atoms with Gasteiger partial charge in [-0.3, -0.25) is 4.18 Å². The van der Waals surface area contributed by atoms with Gasteiger partial charge >= 0.3 is 5.97 Å². The van der Waals surface area contributed by atoms with Crippen LogP contribution in [0, 0.1) is 0 Å². The van der Waals surface area contributed by atoms with Crippen molar-refractivity contribution < 1.29 is 22.1 Å². The second-order valence-electron chi connectivity index (χ2n) is 6.82. The largest absolute Gasteiger partial charge is 0.458 e. The van der Waals surface area contributed by atoms with E-state index in [1.807, 2.05) is 18.2 Å². The standard InChI is InChI=1S/C17H27NO5S/c1-16(2,3)23-15(19)17(18,14-10-6-5-7-11-14)12-8-9-13-22-24(4,20)21/h5-7,10-11H,8-9,12-13,18H2,1-4H3. The molecule has 2 N–H and O–H groups in total. The van der Waals surface area contributed by atoms with E-state index < -0.39 is 27.2 Å². The Bertz CT molecular complexity index is 637. The van der Waals surface area contributed by atoms with Gasteiger partial charge in [-0.1, -0.05) is 30.3 Å². The fraction of sp³-hybridized carbons (Fsp3) is 0.588. The maximum Gasteiger partial charge on any atom is 0.331 e. The van der Waals surface area contributed by atoms with Gasteiger partial charge in [-0.2, -0.15) is 8.42 Å². The summed E-state index contributed by atoms with van der Waals surface area (Å²) < 4.78 is 32.1. The molecule has 0 fully saturated rings. The van der Waals surface area contributed by atoms with Crippen molar-refractivity contribution in [1.82, 2.24) is 0 Å². The maximum absolute atomic E-state index is 12.6. The number of carbonyl (C=O) groups excluding carboxylic acids is 1. The highest BCUT2D eigenvalue weighted by atomic mass is 32.2. The van der Waals surface area contributed by atoms with E-state index in [0.29, 0.717) is 24.8 Å². The molecule has 0 bridgehead atoms. The van der Waals surface area contributed by atoms with Crippen molar-refractivity contribution in [3.63, 3.8) is 0 Å². The highest BCUT2D eigenvalue weighted by Crippen LogP contribution is 2.28. The Balaban J connectivity index is 2.81. The molecule has 0 saturated heterocycles. The Morgan fingerprint density at radius 1 is 1.12 bits per heavy atom. The summed E-state index contributed by atoms with van der Waals surface area (Å²) in [6.45, 7) is 5.43. The molecule has 7 heteroatoms. The molecule has 0 aliphatic heterocycles. The van der Waals surface area contributed by atoms with Crippen LogP contribution in [0.4, 0.5) is 0 Å². The van der Waals surface area contributed by atoms with E-state index in [-0.39, 0.29) is 6.61 Å². The summed E-state index contributed by atoms with van der Waals surface area (Å²) in [6.07, 6.45) is 2.34. The summed E-state index contributed by atoms with van der Waals surface area (Å²) in [4.78, 5) is 12.6. The molecule has 0 aromatic heterocycles. The molecule has 6 nitrogen and oxygen atoms in total. The Morgan fingerprint density at radius 2 is 1.71 bits per heavy atom. The van der Waals surface area contributed by atoms with E-state index in [4.69, 9.17) is 14.7 Å². The molecule has 1 atom stereocenters. The van der Waals surface area contributed by atoms with E-state index in [1.165, 1.54) is 0 Å². The minimum Gasteiger partial charge on any atom is -0.458 e. The Labute approximate surface area is 144 Å². The maximum atomic E-state index is 12.6. The molecular formula is C17H27NO5S. The average Bonchev–Trinajstić information content (AvgIpc) is 2.44. The lowest BCUT2D eigenvalue weighted by Gasteiger charge is -2.31. The van der Waals surface area contributed by atoms with E-state index in [1.54, 1.807) is 32.9 Å². The van der Waals surface area contributed by atoms with E-state index in [9.17, 15) is 13.2 Å². The quantitative estimate of drug-likeness (QED) is 0.436. The zero-order valence-electron chi connectivity index (χ0n) is 14.7. The van der Waals surface area contributed by atoms with Crippen molar-refractivity contribution in [1.29, 1.82) is 0 Å². The summed E-state index contributed by atoms with van der Waals surface area (Å²) >= 11 is 0. The summed E-state index contributed by atoms with van der Waals surface area (Å²) in [5, 5.41) is 0. The molecule has 0 amide bonds. The summed E-state index contributed by atoms with van der Waals surface area (Å²) in [5.41, 5.74) is 5.15. The Hall–Kier alpha value is -1.44.